The number of hydrogen-bond acceptors (Lipinski definition) is 6. The van der Waals surface area contributed by atoms with Gasteiger partial charge >= 0.3 is 6.09 Å². The first-order valence-corrected chi connectivity index (χ1v) is 11.0. The average molecular weight is 425 g/mol. The highest BCUT2D eigenvalue weighted by Gasteiger charge is 2.25. The molecule has 1 fully saturated rings. The van der Waals surface area contributed by atoms with Crippen LogP contribution >= 0.6 is 11.8 Å². The van der Waals surface area contributed by atoms with Crippen LogP contribution in [0.3, 0.4) is 0 Å². The summed E-state index contributed by atoms with van der Waals surface area (Å²) in [5.41, 5.74) is 1.22. The van der Waals surface area contributed by atoms with Gasteiger partial charge in [-0.1, -0.05) is 12.1 Å². The van der Waals surface area contributed by atoms with Crippen molar-refractivity contribution in [1.82, 2.24) is 19.6 Å². The first kappa shape index (κ1) is 20.3. The second-order valence-corrected chi connectivity index (χ2v) is 8.18. The van der Waals surface area contributed by atoms with Crippen LogP contribution in [0.2, 0.25) is 0 Å². The number of thioether (sulfide) groups is 1. The van der Waals surface area contributed by atoms with Crippen LogP contribution in [-0.2, 0) is 6.42 Å². The number of pyridine rings is 1. The Morgan fingerprint density at radius 1 is 1.03 bits per heavy atom. The smallest absolute Gasteiger partial charge is 0.410 e. The summed E-state index contributed by atoms with van der Waals surface area (Å²) in [6, 6.07) is 11.8. The lowest BCUT2D eigenvalue weighted by Gasteiger charge is -2.31. The Morgan fingerprint density at radius 2 is 1.80 bits per heavy atom. The lowest BCUT2D eigenvalue weighted by Crippen LogP contribution is -2.44. The molecule has 0 saturated carbocycles. The summed E-state index contributed by atoms with van der Waals surface area (Å²) < 4.78 is 7.15. The number of benzene rings is 1. The van der Waals surface area contributed by atoms with Crippen LogP contribution in [-0.4, -0.2) is 50.6 Å². The number of ether oxygens (including phenoxy) is 1. The van der Waals surface area contributed by atoms with E-state index < -0.39 is 0 Å². The van der Waals surface area contributed by atoms with Gasteiger partial charge in [0.25, 0.3) is 0 Å². The zero-order valence-electron chi connectivity index (χ0n) is 16.6. The monoisotopic (exact) mass is 424 g/mol. The molecule has 156 valence electrons. The van der Waals surface area contributed by atoms with Crippen LogP contribution in [0.15, 0.2) is 72.4 Å². The highest BCUT2D eigenvalue weighted by molar-refractivity contribution is 7.99. The van der Waals surface area contributed by atoms with Crippen molar-refractivity contribution >= 4 is 17.9 Å². The topological polar surface area (TPSA) is 69.5 Å². The van der Waals surface area contributed by atoms with E-state index in [0.29, 0.717) is 18.8 Å². The molecule has 4 rings (SSSR count). The van der Waals surface area contributed by atoms with E-state index in [0.717, 1.165) is 25.0 Å². The fourth-order valence-electron chi connectivity index (χ4n) is 3.24. The highest BCUT2D eigenvalue weighted by atomic mass is 32.2. The van der Waals surface area contributed by atoms with Crippen LogP contribution in [0, 0.1) is 0 Å². The summed E-state index contributed by atoms with van der Waals surface area (Å²) in [7, 11) is 0. The maximum Gasteiger partial charge on any atom is 0.415 e. The van der Waals surface area contributed by atoms with Crippen LogP contribution in [0.25, 0.3) is 0 Å². The number of carbonyl (C=O) groups is 1. The van der Waals surface area contributed by atoms with Gasteiger partial charge < -0.3 is 14.5 Å². The minimum atomic E-state index is -0.308. The molecule has 0 unspecified atom stereocenters. The van der Waals surface area contributed by atoms with Crippen LogP contribution in [0.4, 0.5) is 4.79 Å². The fourth-order valence-corrected chi connectivity index (χ4v) is 4.12. The number of imidazole rings is 1. The number of carbonyl (C=O) groups excluding carboxylic acids is 1. The molecule has 0 N–H and O–H groups in total. The van der Waals surface area contributed by atoms with E-state index in [9.17, 15) is 4.79 Å². The van der Waals surface area contributed by atoms with E-state index in [1.807, 2.05) is 36.4 Å². The minimum Gasteiger partial charge on any atom is -0.410 e. The fraction of sp³-hybridized carbons (Fsp3) is 0.318. The highest BCUT2D eigenvalue weighted by Crippen LogP contribution is 2.20. The van der Waals surface area contributed by atoms with Crippen LogP contribution < -0.4 is 9.57 Å². The van der Waals surface area contributed by atoms with Crippen LogP contribution in [0.1, 0.15) is 18.4 Å². The van der Waals surface area contributed by atoms with Gasteiger partial charge in [0.2, 0.25) is 0 Å². The molecule has 0 atom stereocenters. The molecule has 1 aliphatic heterocycles. The summed E-state index contributed by atoms with van der Waals surface area (Å²) in [4.78, 5) is 29.2. The van der Waals surface area contributed by atoms with E-state index in [2.05, 4.69) is 9.97 Å². The summed E-state index contributed by atoms with van der Waals surface area (Å²) in [6.45, 7) is 1.23. The van der Waals surface area contributed by atoms with E-state index in [1.54, 1.807) is 52.5 Å². The van der Waals surface area contributed by atoms with Gasteiger partial charge in [-0.05, 0) is 36.2 Å². The second kappa shape index (κ2) is 10.2. The predicted octanol–water partition coefficient (Wildman–Crippen LogP) is 3.70. The van der Waals surface area contributed by atoms with Gasteiger partial charge in [0.05, 0.1) is 6.20 Å². The molecule has 1 amide bonds. The Kier molecular flexibility index (Phi) is 6.87. The zero-order valence-corrected chi connectivity index (χ0v) is 17.4. The molecule has 1 aliphatic rings. The maximum absolute atomic E-state index is 12.4. The Morgan fingerprint density at radius 3 is 2.50 bits per heavy atom. The largest absolute Gasteiger partial charge is 0.415 e. The second-order valence-electron chi connectivity index (χ2n) is 7.01. The summed E-state index contributed by atoms with van der Waals surface area (Å²) >= 11 is 1.80. The molecule has 0 spiro atoms. The van der Waals surface area contributed by atoms with E-state index >= 15 is 0 Å². The third kappa shape index (κ3) is 5.76. The number of likely N-dealkylation sites (tertiary alicyclic amines) is 1. The van der Waals surface area contributed by atoms with Gasteiger partial charge in [-0.2, -0.15) is 4.73 Å². The molecule has 8 heteroatoms. The zero-order chi connectivity index (χ0) is 20.6. The normalized spacial score (nSPS) is 14.5. The third-order valence-electron chi connectivity index (χ3n) is 4.89. The molecule has 0 aliphatic carbocycles. The lowest BCUT2D eigenvalue weighted by atomic mass is 10.1. The van der Waals surface area contributed by atoms with Crippen molar-refractivity contribution in [3.8, 4) is 5.75 Å². The van der Waals surface area contributed by atoms with Gasteiger partial charge in [0.1, 0.15) is 18.2 Å². The number of amides is 1. The van der Waals surface area contributed by atoms with E-state index in [4.69, 9.17) is 9.57 Å². The van der Waals surface area contributed by atoms with Gasteiger partial charge in [0.15, 0.2) is 0 Å². The Hall–Kier alpha value is -3.00. The van der Waals surface area contributed by atoms with Crippen molar-refractivity contribution in [1.29, 1.82) is 0 Å². The number of piperidine rings is 1. The van der Waals surface area contributed by atoms with Crippen molar-refractivity contribution in [2.45, 2.75) is 30.3 Å². The van der Waals surface area contributed by atoms with E-state index in [-0.39, 0.29) is 12.2 Å². The molecule has 30 heavy (non-hydrogen) atoms. The molecule has 1 aromatic carbocycles. The van der Waals surface area contributed by atoms with Crippen molar-refractivity contribution in [2.75, 3.05) is 18.8 Å². The quantitative estimate of drug-likeness (QED) is 0.539. The van der Waals surface area contributed by atoms with Crippen molar-refractivity contribution in [2.24, 2.45) is 0 Å². The third-order valence-corrected chi connectivity index (χ3v) is 5.90. The number of aromatic nitrogens is 3. The number of hydrogen-bond donors (Lipinski definition) is 0. The molecular weight excluding hydrogens is 400 g/mol. The Labute approximate surface area is 180 Å². The van der Waals surface area contributed by atoms with Gasteiger partial charge in [-0.15, -0.1) is 11.8 Å². The molecule has 7 nitrogen and oxygen atoms in total. The first-order valence-electron chi connectivity index (χ1n) is 10.00. The molecule has 0 bridgehead atoms. The van der Waals surface area contributed by atoms with Crippen LogP contribution in [0.5, 0.6) is 5.75 Å². The summed E-state index contributed by atoms with van der Waals surface area (Å²) in [6.07, 6.45) is 10.9. The van der Waals surface area contributed by atoms with E-state index in [1.165, 1.54) is 10.5 Å². The average Bonchev–Trinajstić information content (AvgIpc) is 3.29. The molecule has 0 radical (unpaired) electrons. The van der Waals surface area contributed by atoms with Crippen molar-refractivity contribution in [3.05, 3.63) is 73.1 Å². The standard InChI is InChI=1S/C22H24N4O3S/c27-22(25-13-7-20(8-14-25)29-26-15-12-24-17-26)28-19-3-1-18(2-4-19)9-16-30-21-5-10-23-11-6-21/h1-6,10-12,15,17,20H,7-9,13-14,16H2. The van der Waals surface area contributed by atoms with Crippen molar-refractivity contribution in [3.63, 3.8) is 0 Å². The number of nitrogens with zero attached hydrogens (tertiary/aromatic N) is 4. The first-order chi connectivity index (χ1) is 14.8. The predicted molar refractivity (Wildman–Crippen MR) is 115 cm³/mol. The Balaban J connectivity index is 1.19. The minimum absolute atomic E-state index is 0.0764. The maximum atomic E-state index is 12.4. The van der Waals surface area contributed by atoms with Gasteiger partial charge in [-0.25, -0.2) is 9.78 Å². The Bertz CT molecular complexity index is 911. The van der Waals surface area contributed by atoms with Gasteiger partial charge in [0, 0.05) is 55.2 Å². The number of rotatable bonds is 7. The molecule has 3 aromatic rings. The van der Waals surface area contributed by atoms with Crippen molar-refractivity contribution < 1.29 is 14.4 Å². The molecule has 3 heterocycles. The summed E-state index contributed by atoms with van der Waals surface area (Å²) in [5.74, 6) is 1.56. The van der Waals surface area contributed by atoms with Gasteiger partial charge in [-0.3, -0.25) is 4.98 Å². The molecule has 2 aromatic heterocycles. The lowest BCUT2D eigenvalue weighted by molar-refractivity contribution is -0.0000187. The number of aryl methyl sites for hydroxylation is 1. The summed E-state index contributed by atoms with van der Waals surface area (Å²) in [5, 5.41) is 0. The molecule has 1 saturated heterocycles. The SMILES string of the molecule is O=C(Oc1ccc(CCSc2ccncc2)cc1)N1CCC(On2ccnc2)CC1. The molecular formula is C22H24N4O3S.